The lowest BCUT2D eigenvalue weighted by atomic mass is 9.98. The number of amides is 1. The minimum atomic E-state index is -4.22. The number of aryl methyl sites for hydroxylation is 2. The molecule has 1 aromatic carbocycles. The van der Waals surface area contributed by atoms with Gasteiger partial charge in [0.15, 0.2) is 5.82 Å². The normalized spacial score (nSPS) is 19.6. The molecule has 36 heavy (non-hydrogen) atoms. The minimum Gasteiger partial charge on any atom is -0.381 e. The fraction of sp³-hybridized carbons (Fsp3) is 0.520. The van der Waals surface area contributed by atoms with Crippen LogP contribution >= 0.6 is 0 Å². The number of benzene rings is 1. The molecule has 4 heterocycles. The second-order valence-corrected chi connectivity index (χ2v) is 9.36. The lowest BCUT2D eigenvalue weighted by Gasteiger charge is -2.24. The number of carbonyl (C=O) groups is 1. The summed E-state index contributed by atoms with van der Waals surface area (Å²) in [5, 5.41) is 7.39. The highest BCUT2D eigenvalue weighted by atomic mass is 19.4. The van der Waals surface area contributed by atoms with Crippen LogP contribution in [0.2, 0.25) is 0 Å². The minimum absolute atomic E-state index is 0.0189. The number of rotatable bonds is 6. The van der Waals surface area contributed by atoms with Crippen LogP contribution in [0.1, 0.15) is 53.2 Å². The van der Waals surface area contributed by atoms with E-state index >= 15 is 0 Å². The highest BCUT2D eigenvalue weighted by molar-refractivity contribution is 5.94. The molecule has 0 fully saturated rings. The first-order valence-corrected chi connectivity index (χ1v) is 12.3. The predicted octanol–water partition coefficient (Wildman–Crippen LogP) is 3.72. The summed E-state index contributed by atoms with van der Waals surface area (Å²) in [5.74, 6) is 0.132. The number of nitrogens with zero attached hydrogens (tertiary/aromatic N) is 5. The van der Waals surface area contributed by atoms with Crippen LogP contribution in [0, 0.1) is 5.92 Å². The van der Waals surface area contributed by atoms with E-state index in [2.05, 4.69) is 20.4 Å². The van der Waals surface area contributed by atoms with Gasteiger partial charge in [-0.05, 0) is 24.8 Å². The van der Waals surface area contributed by atoms with Gasteiger partial charge in [-0.2, -0.15) is 18.3 Å². The average molecular weight is 503 g/mol. The molecule has 0 spiro atoms. The molecule has 0 radical (unpaired) electrons. The summed E-state index contributed by atoms with van der Waals surface area (Å²) in [4.78, 5) is 22.1. The summed E-state index contributed by atoms with van der Waals surface area (Å²) in [6, 6.07) is 7.38. The number of aromatic nitrogens is 5. The second-order valence-electron chi connectivity index (χ2n) is 9.36. The maximum Gasteiger partial charge on any atom is 0.392 e. The monoisotopic (exact) mass is 502 g/mol. The van der Waals surface area contributed by atoms with E-state index < -0.39 is 12.1 Å². The van der Waals surface area contributed by atoms with E-state index in [4.69, 9.17) is 4.74 Å². The van der Waals surface area contributed by atoms with Gasteiger partial charge in [-0.25, -0.2) is 14.6 Å². The molecule has 5 rings (SSSR count). The first-order chi connectivity index (χ1) is 17.3. The maximum atomic E-state index is 13.1. The van der Waals surface area contributed by atoms with Gasteiger partial charge in [-0.3, -0.25) is 4.79 Å². The Morgan fingerprint density at radius 3 is 2.58 bits per heavy atom. The van der Waals surface area contributed by atoms with E-state index in [-0.39, 0.29) is 31.4 Å². The van der Waals surface area contributed by atoms with E-state index in [1.54, 1.807) is 11.8 Å². The molecule has 192 valence electrons. The molecule has 11 heteroatoms. The van der Waals surface area contributed by atoms with E-state index in [1.165, 1.54) is 0 Å². The van der Waals surface area contributed by atoms with Gasteiger partial charge >= 0.3 is 6.18 Å². The zero-order valence-corrected chi connectivity index (χ0v) is 20.3. The van der Waals surface area contributed by atoms with Gasteiger partial charge in [0.05, 0.1) is 17.7 Å². The van der Waals surface area contributed by atoms with Crippen molar-refractivity contribution in [2.45, 2.75) is 70.9 Å². The predicted molar refractivity (Wildman–Crippen MR) is 125 cm³/mol. The Labute approximate surface area is 206 Å². The van der Waals surface area contributed by atoms with Crippen molar-refractivity contribution in [3.05, 3.63) is 52.9 Å². The van der Waals surface area contributed by atoms with Crippen LogP contribution < -0.4 is 5.32 Å². The van der Waals surface area contributed by atoms with Gasteiger partial charge in [-0.15, -0.1) is 0 Å². The summed E-state index contributed by atoms with van der Waals surface area (Å²) < 4.78 is 48.3. The number of halogens is 3. The van der Waals surface area contributed by atoms with Crippen molar-refractivity contribution < 1.29 is 22.7 Å². The first-order valence-electron chi connectivity index (χ1n) is 12.3. The number of hydrogen-bond acceptors (Lipinski definition) is 5. The van der Waals surface area contributed by atoms with Crippen LogP contribution in [0.25, 0.3) is 11.4 Å². The molecule has 3 aromatic rings. The van der Waals surface area contributed by atoms with Crippen LogP contribution in [0.5, 0.6) is 0 Å². The Kier molecular flexibility index (Phi) is 6.59. The van der Waals surface area contributed by atoms with Crippen LogP contribution in [0.15, 0.2) is 24.3 Å². The molecule has 2 aromatic heterocycles. The third-order valence-corrected chi connectivity index (χ3v) is 7.08. The van der Waals surface area contributed by atoms with E-state index in [0.717, 1.165) is 29.1 Å². The Balaban J connectivity index is 1.25. The molecule has 2 aliphatic rings. The van der Waals surface area contributed by atoms with Crippen molar-refractivity contribution in [3.63, 3.8) is 0 Å². The average Bonchev–Trinajstić information content (AvgIpc) is 3.47. The van der Waals surface area contributed by atoms with Gasteiger partial charge < -0.3 is 14.6 Å². The van der Waals surface area contributed by atoms with Gasteiger partial charge in [0, 0.05) is 45.1 Å². The van der Waals surface area contributed by atoms with E-state index in [9.17, 15) is 18.0 Å². The van der Waals surface area contributed by atoms with Crippen molar-refractivity contribution in [2.75, 3.05) is 7.11 Å². The van der Waals surface area contributed by atoms with Crippen molar-refractivity contribution >= 4 is 5.91 Å². The molecule has 1 N–H and O–H groups in total. The van der Waals surface area contributed by atoms with Gasteiger partial charge in [0.2, 0.25) is 0 Å². The molecule has 0 aliphatic carbocycles. The summed E-state index contributed by atoms with van der Waals surface area (Å²) in [7, 11) is 1.70. The third kappa shape index (κ3) is 4.76. The Morgan fingerprint density at radius 2 is 1.89 bits per heavy atom. The Morgan fingerprint density at radius 1 is 1.11 bits per heavy atom. The van der Waals surface area contributed by atoms with E-state index in [0.29, 0.717) is 43.3 Å². The standard InChI is InChI=1S/C25H29F3N6O2/c1-3-19-22(33-10-9-18(36-2)13-20(33)30-19)24(35)29-14-15-4-6-16(7-5-15)23-31-21-12-17(25(26,27)28)8-11-34(21)32-23/h4-7,17-18H,3,8-14H2,1-2H3,(H,29,35)/t17-,18+/m0/s1. The van der Waals surface area contributed by atoms with Gasteiger partial charge in [0.1, 0.15) is 17.3 Å². The molecule has 0 saturated heterocycles. The summed E-state index contributed by atoms with van der Waals surface area (Å²) in [6.07, 6.45) is -2.02. The van der Waals surface area contributed by atoms with Crippen molar-refractivity contribution in [2.24, 2.45) is 5.92 Å². The summed E-state index contributed by atoms with van der Waals surface area (Å²) in [5.41, 5.74) is 3.02. The van der Waals surface area contributed by atoms with Crippen LogP contribution in [0.3, 0.4) is 0 Å². The first kappa shape index (κ1) is 24.5. The second kappa shape index (κ2) is 9.68. The lowest BCUT2D eigenvalue weighted by molar-refractivity contribution is -0.179. The molecular formula is C25H29F3N6O2. The largest absolute Gasteiger partial charge is 0.392 e. The molecular weight excluding hydrogens is 473 g/mol. The van der Waals surface area contributed by atoms with Crippen LogP contribution in [-0.4, -0.2) is 49.6 Å². The number of methoxy groups -OCH3 is 1. The highest BCUT2D eigenvalue weighted by Gasteiger charge is 2.42. The Hall–Kier alpha value is -3.21. The number of hydrogen-bond donors (Lipinski definition) is 1. The number of ether oxygens (including phenoxy) is 1. The topological polar surface area (TPSA) is 86.9 Å². The van der Waals surface area contributed by atoms with E-state index in [1.807, 2.05) is 35.8 Å². The molecule has 2 aliphatic heterocycles. The fourth-order valence-corrected chi connectivity index (χ4v) is 4.98. The van der Waals surface area contributed by atoms with Gasteiger partial charge in [0.25, 0.3) is 5.91 Å². The molecule has 0 bridgehead atoms. The number of fused-ring (bicyclic) bond motifs is 2. The quantitative estimate of drug-likeness (QED) is 0.555. The smallest absolute Gasteiger partial charge is 0.381 e. The number of carbonyl (C=O) groups excluding carboxylic acids is 1. The molecule has 0 unspecified atom stereocenters. The number of alkyl halides is 3. The molecule has 2 atom stereocenters. The van der Waals surface area contributed by atoms with Crippen molar-refractivity contribution in [1.29, 1.82) is 0 Å². The van der Waals surface area contributed by atoms with Crippen LogP contribution in [-0.2, 0) is 43.6 Å². The molecule has 8 nitrogen and oxygen atoms in total. The molecule has 1 amide bonds. The highest BCUT2D eigenvalue weighted by Crippen LogP contribution is 2.35. The summed E-state index contributed by atoms with van der Waals surface area (Å²) >= 11 is 0. The third-order valence-electron chi connectivity index (χ3n) is 7.08. The SMILES string of the molecule is CCc1nc2n(c1C(=O)NCc1ccc(-c3nc4n(n3)CC[C@H](C(F)(F)F)C4)cc1)CC[C@@H](OC)C2. The molecule has 0 saturated carbocycles. The fourth-order valence-electron chi connectivity index (χ4n) is 4.98. The van der Waals surface area contributed by atoms with Crippen LogP contribution in [0.4, 0.5) is 13.2 Å². The summed E-state index contributed by atoms with van der Waals surface area (Å²) in [6.45, 7) is 3.23. The Bertz CT molecular complexity index is 1250. The number of nitrogens with one attached hydrogen (secondary N) is 1. The van der Waals surface area contributed by atoms with Gasteiger partial charge in [-0.1, -0.05) is 31.2 Å². The number of imidazole rings is 1. The van der Waals surface area contributed by atoms with Crippen molar-refractivity contribution in [3.8, 4) is 11.4 Å². The lowest BCUT2D eigenvalue weighted by Crippen LogP contribution is -2.31. The zero-order valence-electron chi connectivity index (χ0n) is 20.3. The zero-order chi connectivity index (χ0) is 25.4. The van der Waals surface area contributed by atoms with Crippen molar-refractivity contribution in [1.82, 2.24) is 29.6 Å². The maximum absolute atomic E-state index is 13.1.